The maximum Gasteiger partial charge on any atom is 0.421 e. The van der Waals surface area contributed by atoms with E-state index in [0.29, 0.717) is 6.07 Å². The summed E-state index contributed by atoms with van der Waals surface area (Å²) in [6.45, 7) is -0.705. The Kier molecular flexibility index (Phi) is 6.78. The number of anilines is 1. The molecule has 2 aromatic carbocycles. The molecule has 2 aromatic heterocycles. The minimum absolute atomic E-state index is 0.0590. The van der Waals surface area contributed by atoms with Crippen LogP contribution in [0.15, 0.2) is 60.9 Å². The van der Waals surface area contributed by atoms with Crippen LogP contribution in [-0.4, -0.2) is 38.3 Å². The largest absolute Gasteiger partial charge is 0.421 e. The number of rotatable bonds is 6. The molecule has 0 aliphatic carbocycles. The van der Waals surface area contributed by atoms with E-state index in [1.165, 1.54) is 18.2 Å². The summed E-state index contributed by atoms with van der Waals surface area (Å²) in [5.74, 6) is -2.69. The van der Waals surface area contributed by atoms with Crippen molar-refractivity contribution in [1.82, 2.24) is 19.9 Å². The molecule has 1 unspecified atom stereocenters. The van der Waals surface area contributed by atoms with Gasteiger partial charge >= 0.3 is 12.4 Å². The smallest absolute Gasteiger partial charge is 0.382 e. The number of fused-ring (bicyclic) bond motifs is 1. The molecule has 7 nitrogen and oxygen atoms in total. The SMILES string of the molecule is Nc1ncnn2c(-c3ccc(F)c(C(=O)NCCC(O)(c4ccccc4)C(F)(F)F)c3)cc(C(F)(F)F)c12. The second kappa shape index (κ2) is 9.59. The molecule has 0 spiro atoms. The molecular formula is C24H18F7N5O2. The fourth-order valence-electron chi connectivity index (χ4n) is 3.96. The van der Waals surface area contributed by atoms with E-state index in [4.69, 9.17) is 5.73 Å². The highest BCUT2D eigenvalue weighted by molar-refractivity contribution is 5.96. The van der Waals surface area contributed by atoms with Crippen molar-refractivity contribution >= 4 is 17.2 Å². The number of nitrogens with two attached hydrogens (primary N) is 1. The molecule has 0 aliphatic rings. The van der Waals surface area contributed by atoms with Crippen molar-refractivity contribution in [2.45, 2.75) is 24.4 Å². The minimum Gasteiger partial charge on any atom is -0.382 e. The third-order valence-corrected chi connectivity index (χ3v) is 5.89. The number of aromatic nitrogens is 3. The van der Waals surface area contributed by atoms with Gasteiger partial charge < -0.3 is 16.2 Å². The summed E-state index contributed by atoms with van der Waals surface area (Å²) in [6.07, 6.45) is -9.99. The van der Waals surface area contributed by atoms with Crippen LogP contribution < -0.4 is 11.1 Å². The molecule has 0 radical (unpaired) electrons. The van der Waals surface area contributed by atoms with Crippen LogP contribution in [0.25, 0.3) is 16.8 Å². The van der Waals surface area contributed by atoms with Crippen LogP contribution in [0.5, 0.6) is 0 Å². The predicted octanol–water partition coefficient (Wildman–Crippen LogP) is 4.71. The quantitative estimate of drug-likeness (QED) is 0.307. The molecule has 0 saturated heterocycles. The lowest BCUT2D eigenvalue weighted by Crippen LogP contribution is -2.45. The third-order valence-electron chi connectivity index (χ3n) is 5.89. The lowest BCUT2D eigenvalue weighted by molar-refractivity contribution is -0.268. The summed E-state index contributed by atoms with van der Waals surface area (Å²) in [4.78, 5) is 16.2. The summed E-state index contributed by atoms with van der Waals surface area (Å²) in [7, 11) is 0. The molecule has 0 saturated carbocycles. The monoisotopic (exact) mass is 541 g/mol. The first kappa shape index (κ1) is 26.9. The zero-order chi connectivity index (χ0) is 27.9. The van der Waals surface area contributed by atoms with E-state index in [2.05, 4.69) is 15.4 Å². The Bertz CT molecular complexity index is 1490. The van der Waals surface area contributed by atoms with Crippen molar-refractivity contribution in [1.29, 1.82) is 0 Å². The molecule has 4 rings (SSSR count). The van der Waals surface area contributed by atoms with E-state index in [9.17, 15) is 40.6 Å². The van der Waals surface area contributed by atoms with Gasteiger partial charge in [0.1, 0.15) is 17.7 Å². The van der Waals surface area contributed by atoms with Crippen LogP contribution in [0, 0.1) is 5.82 Å². The number of hydrogen-bond acceptors (Lipinski definition) is 5. The fourth-order valence-corrected chi connectivity index (χ4v) is 3.96. The molecule has 4 N–H and O–H groups in total. The van der Waals surface area contributed by atoms with Crippen LogP contribution in [0.1, 0.15) is 27.9 Å². The average Bonchev–Trinajstić information content (AvgIpc) is 3.26. The minimum atomic E-state index is -5.08. The third kappa shape index (κ3) is 4.86. The Hall–Kier alpha value is -4.20. The van der Waals surface area contributed by atoms with Gasteiger partial charge in [0.2, 0.25) is 0 Å². The van der Waals surface area contributed by atoms with E-state index in [1.54, 1.807) is 0 Å². The van der Waals surface area contributed by atoms with E-state index < -0.39 is 70.7 Å². The van der Waals surface area contributed by atoms with Crippen molar-refractivity contribution in [2.75, 3.05) is 12.3 Å². The molecule has 2 heterocycles. The molecule has 14 heteroatoms. The summed E-state index contributed by atoms with van der Waals surface area (Å²) in [5.41, 5.74) is -0.726. The molecule has 200 valence electrons. The zero-order valence-electron chi connectivity index (χ0n) is 19.1. The standard InChI is InChI=1S/C24H18F7N5O2/c25-17-7-6-13(18-11-16(23(26,27)28)19-20(32)34-12-35-36(18)19)10-15(17)21(37)33-9-8-22(38,24(29,30)31)14-4-2-1-3-5-14/h1-7,10-12,38H,8-9H2,(H,33,37)(H2,32,34,35). The van der Waals surface area contributed by atoms with Crippen LogP contribution >= 0.6 is 0 Å². The van der Waals surface area contributed by atoms with Gasteiger partial charge in [-0.15, -0.1) is 0 Å². The van der Waals surface area contributed by atoms with Gasteiger partial charge in [-0.2, -0.15) is 31.4 Å². The lowest BCUT2D eigenvalue weighted by Gasteiger charge is -2.31. The zero-order valence-corrected chi connectivity index (χ0v) is 19.1. The van der Waals surface area contributed by atoms with Crippen molar-refractivity contribution in [3.63, 3.8) is 0 Å². The Labute approximate surface area is 209 Å². The summed E-state index contributed by atoms with van der Waals surface area (Å²) in [6, 6.07) is 9.78. The summed E-state index contributed by atoms with van der Waals surface area (Å²) in [5, 5.41) is 16.3. The van der Waals surface area contributed by atoms with Crippen molar-refractivity contribution in [2.24, 2.45) is 0 Å². The van der Waals surface area contributed by atoms with Gasteiger partial charge in [-0.3, -0.25) is 4.79 Å². The summed E-state index contributed by atoms with van der Waals surface area (Å²) >= 11 is 0. The Balaban J connectivity index is 1.63. The summed E-state index contributed by atoms with van der Waals surface area (Å²) < 4.78 is 97.1. The highest BCUT2D eigenvalue weighted by Crippen LogP contribution is 2.41. The van der Waals surface area contributed by atoms with Crippen LogP contribution in [-0.2, 0) is 11.8 Å². The second-order valence-electron chi connectivity index (χ2n) is 8.27. The number of carbonyl (C=O) groups excluding carboxylic acids is 1. The molecule has 1 amide bonds. The number of nitrogens with one attached hydrogen (secondary N) is 1. The predicted molar refractivity (Wildman–Crippen MR) is 121 cm³/mol. The highest BCUT2D eigenvalue weighted by Gasteiger charge is 2.54. The van der Waals surface area contributed by atoms with Gasteiger partial charge in [0.15, 0.2) is 11.4 Å². The van der Waals surface area contributed by atoms with E-state index in [0.717, 1.165) is 41.2 Å². The Morgan fingerprint density at radius 2 is 1.71 bits per heavy atom. The van der Waals surface area contributed by atoms with Gasteiger partial charge in [-0.1, -0.05) is 30.3 Å². The number of amides is 1. The van der Waals surface area contributed by atoms with Gasteiger partial charge in [0, 0.05) is 18.5 Å². The second-order valence-corrected chi connectivity index (χ2v) is 8.27. The Morgan fingerprint density at radius 1 is 1.03 bits per heavy atom. The number of carbonyl (C=O) groups is 1. The first-order chi connectivity index (χ1) is 17.7. The van der Waals surface area contributed by atoms with Crippen molar-refractivity contribution in [3.8, 4) is 11.3 Å². The first-order valence-electron chi connectivity index (χ1n) is 10.9. The van der Waals surface area contributed by atoms with Crippen LogP contribution in [0.3, 0.4) is 0 Å². The van der Waals surface area contributed by atoms with Gasteiger partial charge in [0.25, 0.3) is 5.91 Å². The molecule has 0 fully saturated rings. The number of benzene rings is 2. The first-order valence-corrected chi connectivity index (χ1v) is 10.9. The Morgan fingerprint density at radius 3 is 2.34 bits per heavy atom. The van der Waals surface area contributed by atoms with Crippen LogP contribution in [0.4, 0.5) is 36.6 Å². The van der Waals surface area contributed by atoms with E-state index in [1.807, 2.05) is 0 Å². The number of nitrogens with zero attached hydrogens (tertiary/aromatic N) is 3. The average molecular weight is 541 g/mol. The topological polar surface area (TPSA) is 106 Å². The number of nitrogen functional groups attached to an aromatic ring is 1. The number of aliphatic hydroxyl groups is 1. The fraction of sp³-hybridized carbons (Fsp3) is 0.208. The van der Waals surface area contributed by atoms with E-state index >= 15 is 0 Å². The molecule has 4 aromatic rings. The van der Waals surface area contributed by atoms with Crippen molar-refractivity contribution < 1.29 is 40.6 Å². The lowest BCUT2D eigenvalue weighted by atomic mass is 9.89. The molecule has 0 bridgehead atoms. The van der Waals surface area contributed by atoms with Crippen molar-refractivity contribution in [3.05, 3.63) is 83.4 Å². The van der Waals surface area contributed by atoms with Gasteiger partial charge in [0.05, 0.1) is 16.8 Å². The molecule has 38 heavy (non-hydrogen) atoms. The molecular weight excluding hydrogens is 523 g/mol. The van der Waals surface area contributed by atoms with E-state index in [-0.39, 0.29) is 11.3 Å². The van der Waals surface area contributed by atoms with Crippen LogP contribution in [0.2, 0.25) is 0 Å². The normalized spacial score (nSPS) is 13.9. The maximum absolute atomic E-state index is 14.5. The van der Waals surface area contributed by atoms with Gasteiger partial charge in [-0.25, -0.2) is 13.9 Å². The molecule has 1 atom stereocenters. The van der Waals surface area contributed by atoms with Gasteiger partial charge in [-0.05, 0) is 29.8 Å². The number of alkyl halides is 6. The maximum atomic E-state index is 14.5. The number of hydrogen-bond donors (Lipinski definition) is 3. The number of halogens is 7. The highest BCUT2D eigenvalue weighted by atomic mass is 19.4. The molecule has 0 aliphatic heterocycles.